The SMILES string of the molecule is CCNC1C(CN2CCC(C)(O)C2)CCC1(C)C. The van der Waals surface area contributed by atoms with Gasteiger partial charge in [-0.3, -0.25) is 0 Å². The highest BCUT2D eigenvalue weighted by Gasteiger charge is 2.43. The molecule has 3 nitrogen and oxygen atoms in total. The number of likely N-dealkylation sites (tertiary alicyclic amines) is 1. The average molecular weight is 254 g/mol. The molecule has 0 aromatic carbocycles. The van der Waals surface area contributed by atoms with E-state index in [9.17, 15) is 5.11 Å². The third-order valence-electron chi connectivity index (χ3n) is 4.92. The van der Waals surface area contributed by atoms with Gasteiger partial charge in [0.1, 0.15) is 0 Å². The van der Waals surface area contributed by atoms with Crippen molar-refractivity contribution in [3.05, 3.63) is 0 Å². The molecule has 1 aliphatic carbocycles. The Kier molecular flexibility index (Phi) is 4.05. The van der Waals surface area contributed by atoms with Crippen molar-refractivity contribution < 1.29 is 5.11 Å². The molecule has 3 heteroatoms. The molecule has 0 amide bonds. The molecule has 0 radical (unpaired) electrons. The van der Waals surface area contributed by atoms with E-state index < -0.39 is 5.60 Å². The number of nitrogens with zero attached hydrogens (tertiary/aromatic N) is 1. The van der Waals surface area contributed by atoms with E-state index >= 15 is 0 Å². The molecule has 2 N–H and O–H groups in total. The molecule has 1 heterocycles. The first-order valence-electron chi connectivity index (χ1n) is 7.52. The zero-order valence-corrected chi connectivity index (χ0v) is 12.5. The first-order chi connectivity index (χ1) is 8.34. The van der Waals surface area contributed by atoms with Gasteiger partial charge in [0.25, 0.3) is 0 Å². The van der Waals surface area contributed by atoms with E-state index in [0.717, 1.165) is 38.5 Å². The molecular weight excluding hydrogens is 224 g/mol. The van der Waals surface area contributed by atoms with Gasteiger partial charge in [-0.1, -0.05) is 20.8 Å². The minimum atomic E-state index is -0.457. The van der Waals surface area contributed by atoms with E-state index in [-0.39, 0.29) is 0 Å². The summed E-state index contributed by atoms with van der Waals surface area (Å²) in [6.07, 6.45) is 3.57. The van der Waals surface area contributed by atoms with E-state index in [4.69, 9.17) is 0 Å². The molecule has 2 aliphatic rings. The molecule has 1 saturated carbocycles. The molecule has 106 valence electrons. The van der Waals surface area contributed by atoms with Crippen molar-refractivity contribution in [2.75, 3.05) is 26.2 Å². The van der Waals surface area contributed by atoms with Gasteiger partial charge in [-0.25, -0.2) is 0 Å². The van der Waals surface area contributed by atoms with Gasteiger partial charge in [0.15, 0.2) is 0 Å². The van der Waals surface area contributed by atoms with Crippen LogP contribution in [0, 0.1) is 11.3 Å². The second-order valence-corrected chi connectivity index (χ2v) is 7.30. The number of nitrogens with one attached hydrogen (secondary N) is 1. The normalized spacial score (nSPS) is 40.5. The number of rotatable bonds is 4. The van der Waals surface area contributed by atoms with Crippen LogP contribution in [0.5, 0.6) is 0 Å². The molecule has 1 saturated heterocycles. The monoisotopic (exact) mass is 254 g/mol. The van der Waals surface area contributed by atoms with Crippen LogP contribution in [0.1, 0.15) is 47.0 Å². The van der Waals surface area contributed by atoms with Crippen molar-refractivity contribution in [3.8, 4) is 0 Å². The van der Waals surface area contributed by atoms with Crippen LogP contribution in [0.15, 0.2) is 0 Å². The van der Waals surface area contributed by atoms with Crippen LogP contribution in [-0.4, -0.2) is 47.8 Å². The van der Waals surface area contributed by atoms with E-state index in [1.807, 2.05) is 6.92 Å². The smallest absolute Gasteiger partial charge is 0.0758 e. The summed E-state index contributed by atoms with van der Waals surface area (Å²) in [4.78, 5) is 2.45. The van der Waals surface area contributed by atoms with E-state index in [1.54, 1.807) is 0 Å². The maximum atomic E-state index is 10.1. The summed E-state index contributed by atoms with van der Waals surface area (Å²) >= 11 is 0. The topological polar surface area (TPSA) is 35.5 Å². The Morgan fingerprint density at radius 3 is 2.56 bits per heavy atom. The standard InChI is InChI=1S/C15H30N2O/c1-5-16-13-12(6-7-14(13,2)3)10-17-9-8-15(4,18)11-17/h12-13,16,18H,5-11H2,1-4H3. The molecule has 3 atom stereocenters. The number of aliphatic hydroxyl groups is 1. The number of β-amino-alcohol motifs (C(OH)–C–C–N with tert-alkyl or cyclic N) is 1. The molecule has 0 bridgehead atoms. The van der Waals surface area contributed by atoms with Gasteiger partial charge in [0.05, 0.1) is 5.60 Å². The molecule has 2 rings (SSSR count). The Hall–Kier alpha value is -0.120. The van der Waals surface area contributed by atoms with Crippen LogP contribution in [0.2, 0.25) is 0 Å². The Labute approximate surface area is 112 Å². The van der Waals surface area contributed by atoms with Gasteiger partial charge < -0.3 is 15.3 Å². The fraction of sp³-hybridized carbons (Fsp3) is 1.00. The minimum Gasteiger partial charge on any atom is -0.389 e. The maximum absolute atomic E-state index is 10.1. The van der Waals surface area contributed by atoms with Crippen LogP contribution in [-0.2, 0) is 0 Å². The van der Waals surface area contributed by atoms with Crippen LogP contribution in [0.25, 0.3) is 0 Å². The zero-order valence-electron chi connectivity index (χ0n) is 12.5. The maximum Gasteiger partial charge on any atom is 0.0758 e. The van der Waals surface area contributed by atoms with Crippen molar-refractivity contribution in [1.29, 1.82) is 0 Å². The van der Waals surface area contributed by atoms with E-state index in [1.165, 1.54) is 12.8 Å². The van der Waals surface area contributed by atoms with Gasteiger partial charge in [-0.2, -0.15) is 0 Å². The fourth-order valence-electron chi connectivity index (χ4n) is 3.90. The lowest BCUT2D eigenvalue weighted by Crippen LogP contribution is -2.45. The van der Waals surface area contributed by atoms with Gasteiger partial charge in [0, 0.05) is 25.7 Å². The molecule has 1 aliphatic heterocycles. The first-order valence-corrected chi connectivity index (χ1v) is 7.52. The summed E-state index contributed by atoms with van der Waals surface area (Å²) in [5.41, 5.74) is -0.0370. The molecule has 0 spiro atoms. The lowest BCUT2D eigenvalue weighted by atomic mass is 9.84. The molecule has 0 aromatic rings. The van der Waals surface area contributed by atoms with Gasteiger partial charge in [0.2, 0.25) is 0 Å². The molecule has 2 fully saturated rings. The Balaban J connectivity index is 1.93. The van der Waals surface area contributed by atoms with Crippen molar-refractivity contribution in [2.24, 2.45) is 11.3 Å². The lowest BCUT2D eigenvalue weighted by molar-refractivity contribution is 0.0654. The summed E-state index contributed by atoms with van der Waals surface area (Å²) in [6.45, 7) is 13.1. The zero-order chi connectivity index (χ0) is 13.4. The number of hydrogen-bond acceptors (Lipinski definition) is 3. The van der Waals surface area contributed by atoms with Crippen molar-refractivity contribution in [3.63, 3.8) is 0 Å². The predicted molar refractivity (Wildman–Crippen MR) is 75.7 cm³/mol. The quantitative estimate of drug-likeness (QED) is 0.804. The second kappa shape index (κ2) is 5.10. The summed E-state index contributed by atoms with van der Waals surface area (Å²) < 4.78 is 0. The largest absolute Gasteiger partial charge is 0.389 e. The summed E-state index contributed by atoms with van der Waals surface area (Å²) in [5, 5.41) is 13.7. The predicted octanol–water partition coefficient (Wildman–Crippen LogP) is 1.86. The Bertz CT molecular complexity index is 288. The average Bonchev–Trinajstić information content (AvgIpc) is 2.73. The molecule has 3 unspecified atom stereocenters. The molecule has 0 aromatic heterocycles. The van der Waals surface area contributed by atoms with Crippen molar-refractivity contribution >= 4 is 0 Å². The fourth-order valence-corrected chi connectivity index (χ4v) is 3.90. The third-order valence-corrected chi connectivity index (χ3v) is 4.92. The third kappa shape index (κ3) is 3.06. The molecule has 18 heavy (non-hydrogen) atoms. The van der Waals surface area contributed by atoms with Crippen LogP contribution in [0.3, 0.4) is 0 Å². The Morgan fingerprint density at radius 1 is 1.28 bits per heavy atom. The molecular formula is C15H30N2O. The van der Waals surface area contributed by atoms with E-state index in [2.05, 4.69) is 31.0 Å². The van der Waals surface area contributed by atoms with Gasteiger partial charge in [-0.05, 0) is 44.1 Å². The van der Waals surface area contributed by atoms with E-state index in [0.29, 0.717) is 11.5 Å². The number of hydrogen-bond donors (Lipinski definition) is 2. The second-order valence-electron chi connectivity index (χ2n) is 7.30. The minimum absolute atomic E-state index is 0.420. The van der Waals surface area contributed by atoms with Gasteiger partial charge >= 0.3 is 0 Å². The summed E-state index contributed by atoms with van der Waals surface area (Å²) in [5.74, 6) is 0.744. The van der Waals surface area contributed by atoms with Crippen LogP contribution < -0.4 is 5.32 Å². The van der Waals surface area contributed by atoms with Crippen molar-refractivity contribution in [1.82, 2.24) is 10.2 Å². The lowest BCUT2D eigenvalue weighted by Gasteiger charge is -2.33. The highest BCUT2D eigenvalue weighted by molar-refractivity contribution is 4.98. The van der Waals surface area contributed by atoms with Crippen LogP contribution >= 0.6 is 0 Å². The highest BCUT2D eigenvalue weighted by Crippen LogP contribution is 2.42. The van der Waals surface area contributed by atoms with Crippen LogP contribution in [0.4, 0.5) is 0 Å². The highest BCUT2D eigenvalue weighted by atomic mass is 16.3. The van der Waals surface area contributed by atoms with Gasteiger partial charge in [-0.15, -0.1) is 0 Å². The summed E-state index contributed by atoms with van der Waals surface area (Å²) in [7, 11) is 0. The summed E-state index contributed by atoms with van der Waals surface area (Å²) in [6, 6.07) is 0.632. The first kappa shape index (κ1) is 14.3. The Morgan fingerprint density at radius 2 is 2.00 bits per heavy atom. The van der Waals surface area contributed by atoms with Crippen molar-refractivity contribution in [2.45, 2.75) is 58.6 Å².